The summed E-state index contributed by atoms with van der Waals surface area (Å²) in [7, 11) is 0. The number of benzene rings is 2. The molecule has 0 aliphatic rings. The number of hydrogen-bond donors (Lipinski definition) is 3. The van der Waals surface area contributed by atoms with Gasteiger partial charge in [0.05, 0.1) is 11.6 Å². The zero-order chi connectivity index (χ0) is 16.7. The van der Waals surface area contributed by atoms with Gasteiger partial charge in [0.25, 0.3) is 0 Å². The summed E-state index contributed by atoms with van der Waals surface area (Å²) in [5, 5.41) is 14.9. The number of aliphatic hydroxyl groups is 1. The summed E-state index contributed by atoms with van der Waals surface area (Å²) in [6.45, 7) is 0.0797. The van der Waals surface area contributed by atoms with Gasteiger partial charge in [0.15, 0.2) is 0 Å². The van der Waals surface area contributed by atoms with Gasteiger partial charge in [-0.25, -0.2) is 4.39 Å². The summed E-state index contributed by atoms with van der Waals surface area (Å²) in [5.74, 6) is -0.804. The zero-order valence-electron chi connectivity index (χ0n) is 12.4. The number of hydrogen-bond acceptors (Lipinski definition) is 3. The van der Waals surface area contributed by atoms with Crippen molar-refractivity contribution in [1.82, 2.24) is 5.32 Å². The van der Waals surface area contributed by atoms with E-state index >= 15 is 0 Å². The predicted octanol–water partition coefficient (Wildman–Crippen LogP) is 3.13. The van der Waals surface area contributed by atoms with E-state index in [1.807, 2.05) is 30.3 Å². The number of aliphatic hydroxyl groups excluding tert-OH is 1. The minimum Gasteiger partial charge on any atom is -0.396 e. The smallest absolute Gasteiger partial charge is 0.238 e. The molecule has 1 unspecified atom stereocenters. The van der Waals surface area contributed by atoms with Gasteiger partial charge in [0.2, 0.25) is 5.91 Å². The van der Waals surface area contributed by atoms with Gasteiger partial charge in [-0.05, 0) is 30.2 Å². The van der Waals surface area contributed by atoms with E-state index in [9.17, 15) is 9.18 Å². The molecular formula is C17H18ClFN2O2. The highest BCUT2D eigenvalue weighted by molar-refractivity contribution is 6.31. The highest BCUT2D eigenvalue weighted by atomic mass is 35.5. The Balaban J connectivity index is 1.92. The first-order valence-corrected chi connectivity index (χ1v) is 7.62. The van der Waals surface area contributed by atoms with Crippen LogP contribution in [0.1, 0.15) is 18.0 Å². The second-order valence-corrected chi connectivity index (χ2v) is 5.44. The van der Waals surface area contributed by atoms with Crippen LogP contribution in [0.2, 0.25) is 5.02 Å². The largest absolute Gasteiger partial charge is 0.396 e. The lowest BCUT2D eigenvalue weighted by Gasteiger charge is -2.18. The first-order chi connectivity index (χ1) is 11.1. The van der Waals surface area contributed by atoms with Crippen LogP contribution in [0.5, 0.6) is 0 Å². The Morgan fingerprint density at radius 1 is 1.22 bits per heavy atom. The van der Waals surface area contributed by atoms with Crippen LogP contribution in [0.15, 0.2) is 48.5 Å². The first kappa shape index (κ1) is 17.4. The van der Waals surface area contributed by atoms with Crippen molar-refractivity contribution in [2.45, 2.75) is 12.5 Å². The summed E-state index contributed by atoms with van der Waals surface area (Å²) in [5.41, 5.74) is 1.43. The fourth-order valence-electron chi connectivity index (χ4n) is 2.20. The van der Waals surface area contributed by atoms with E-state index in [1.165, 1.54) is 18.2 Å². The molecule has 0 heterocycles. The minimum absolute atomic E-state index is 0.0156. The average Bonchev–Trinajstić information content (AvgIpc) is 2.56. The van der Waals surface area contributed by atoms with Crippen LogP contribution in [0.25, 0.3) is 0 Å². The lowest BCUT2D eigenvalue weighted by molar-refractivity contribution is -0.115. The monoisotopic (exact) mass is 336 g/mol. The molecular weight excluding hydrogens is 319 g/mol. The number of rotatable bonds is 7. The third kappa shape index (κ3) is 5.32. The fraction of sp³-hybridized carbons (Fsp3) is 0.235. The van der Waals surface area contributed by atoms with Gasteiger partial charge in [-0.15, -0.1) is 0 Å². The maximum absolute atomic E-state index is 13.1. The lowest BCUT2D eigenvalue weighted by atomic mass is 10.0. The molecule has 0 bridgehead atoms. The van der Waals surface area contributed by atoms with Gasteiger partial charge >= 0.3 is 0 Å². The maximum Gasteiger partial charge on any atom is 0.238 e. The number of halogens is 2. The van der Waals surface area contributed by atoms with Crippen LogP contribution in [-0.2, 0) is 4.79 Å². The van der Waals surface area contributed by atoms with Crippen LogP contribution in [0, 0.1) is 5.82 Å². The van der Waals surface area contributed by atoms with E-state index in [-0.39, 0.29) is 30.1 Å². The van der Waals surface area contributed by atoms with E-state index < -0.39 is 5.82 Å². The van der Waals surface area contributed by atoms with Crippen molar-refractivity contribution in [3.63, 3.8) is 0 Å². The normalized spacial score (nSPS) is 12.0. The van der Waals surface area contributed by atoms with Crippen molar-refractivity contribution in [2.24, 2.45) is 0 Å². The van der Waals surface area contributed by atoms with Crippen molar-refractivity contribution >= 4 is 23.2 Å². The van der Waals surface area contributed by atoms with Crippen molar-refractivity contribution in [3.05, 3.63) is 64.9 Å². The van der Waals surface area contributed by atoms with Crippen LogP contribution < -0.4 is 10.6 Å². The standard InChI is InChI=1S/C17H18ClFN2O2/c18-14-10-13(6-7-15(14)19)21-17(23)11-20-16(8-9-22)12-4-2-1-3-5-12/h1-7,10,16,20,22H,8-9,11H2,(H,21,23). The third-order valence-corrected chi connectivity index (χ3v) is 3.62. The molecule has 0 saturated carbocycles. The molecule has 0 spiro atoms. The van der Waals surface area contributed by atoms with Gasteiger partial charge in [0, 0.05) is 18.3 Å². The van der Waals surface area contributed by atoms with Crippen LogP contribution in [-0.4, -0.2) is 24.2 Å². The highest BCUT2D eigenvalue weighted by Gasteiger charge is 2.12. The Morgan fingerprint density at radius 2 is 1.96 bits per heavy atom. The van der Waals surface area contributed by atoms with Crippen LogP contribution in [0.3, 0.4) is 0 Å². The summed E-state index contributed by atoms with van der Waals surface area (Å²) in [4.78, 5) is 12.0. The Kier molecular flexibility index (Phi) is 6.52. The van der Waals surface area contributed by atoms with Crippen molar-refractivity contribution in [2.75, 3.05) is 18.5 Å². The first-order valence-electron chi connectivity index (χ1n) is 7.24. The second-order valence-electron chi connectivity index (χ2n) is 5.03. The van der Waals surface area contributed by atoms with E-state index in [1.54, 1.807) is 0 Å². The van der Waals surface area contributed by atoms with E-state index in [4.69, 9.17) is 16.7 Å². The van der Waals surface area contributed by atoms with Crippen molar-refractivity contribution < 1.29 is 14.3 Å². The number of carbonyl (C=O) groups excluding carboxylic acids is 1. The molecule has 1 amide bonds. The average molecular weight is 337 g/mol. The number of amides is 1. The molecule has 0 aromatic heterocycles. The number of anilines is 1. The van der Waals surface area contributed by atoms with Crippen LogP contribution >= 0.6 is 11.6 Å². The molecule has 122 valence electrons. The van der Waals surface area contributed by atoms with E-state index in [0.717, 1.165) is 5.56 Å². The van der Waals surface area contributed by atoms with Gasteiger partial charge in [-0.3, -0.25) is 4.79 Å². The Morgan fingerprint density at radius 3 is 2.61 bits per heavy atom. The molecule has 0 fully saturated rings. The minimum atomic E-state index is -0.533. The van der Waals surface area contributed by atoms with E-state index in [2.05, 4.69) is 10.6 Å². The van der Waals surface area contributed by atoms with Gasteiger partial charge < -0.3 is 15.7 Å². The molecule has 6 heteroatoms. The van der Waals surface area contributed by atoms with Gasteiger partial charge in [0.1, 0.15) is 5.82 Å². The molecule has 0 aliphatic carbocycles. The summed E-state index contributed by atoms with van der Waals surface area (Å²) in [6.07, 6.45) is 0.500. The third-order valence-electron chi connectivity index (χ3n) is 3.33. The van der Waals surface area contributed by atoms with Gasteiger partial charge in [-0.2, -0.15) is 0 Å². The van der Waals surface area contributed by atoms with Gasteiger partial charge in [-0.1, -0.05) is 41.9 Å². The van der Waals surface area contributed by atoms with Crippen LogP contribution in [0.4, 0.5) is 10.1 Å². The second kappa shape index (κ2) is 8.62. The molecule has 3 N–H and O–H groups in total. The molecule has 2 rings (SSSR count). The SMILES string of the molecule is O=C(CNC(CCO)c1ccccc1)Nc1ccc(F)c(Cl)c1. The molecule has 2 aromatic rings. The summed E-state index contributed by atoms with van der Waals surface area (Å²) >= 11 is 5.68. The predicted molar refractivity (Wildman–Crippen MR) is 88.9 cm³/mol. The lowest BCUT2D eigenvalue weighted by Crippen LogP contribution is -2.31. The maximum atomic E-state index is 13.1. The molecule has 23 heavy (non-hydrogen) atoms. The summed E-state index contributed by atoms with van der Waals surface area (Å²) < 4.78 is 13.1. The highest BCUT2D eigenvalue weighted by Crippen LogP contribution is 2.19. The molecule has 4 nitrogen and oxygen atoms in total. The Bertz CT molecular complexity index is 652. The Labute approximate surface area is 139 Å². The molecule has 0 saturated heterocycles. The molecule has 1 atom stereocenters. The van der Waals surface area contributed by atoms with Crippen molar-refractivity contribution in [3.8, 4) is 0 Å². The molecule has 0 radical (unpaired) electrons. The number of carbonyl (C=O) groups is 1. The zero-order valence-corrected chi connectivity index (χ0v) is 13.2. The van der Waals surface area contributed by atoms with E-state index in [0.29, 0.717) is 12.1 Å². The Hall–Kier alpha value is -1.95. The summed E-state index contributed by atoms with van der Waals surface area (Å²) in [6, 6.07) is 13.5. The van der Waals surface area contributed by atoms with Crippen molar-refractivity contribution in [1.29, 1.82) is 0 Å². The molecule has 0 aliphatic heterocycles. The fourth-order valence-corrected chi connectivity index (χ4v) is 2.38. The topological polar surface area (TPSA) is 61.4 Å². The quantitative estimate of drug-likeness (QED) is 0.728. The molecule has 2 aromatic carbocycles. The number of nitrogens with one attached hydrogen (secondary N) is 2.